The normalized spacial score (nSPS) is 10.4. The summed E-state index contributed by atoms with van der Waals surface area (Å²) >= 11 is 1.66. The lowest BCUT2D eigenvalue weighted by atomic mass is 10.2. The number of benzene rings is 1. The molecule has 0 amide bonds. The minimum atomic E-state index is -0.188. The van der Waals surface area contributed by atoms with Crippen LogP contribution in [0.25, 0.3) is 20.7 Å². The second-order valence-electron chi connectivity index (χ2n) is 5.77. The first-order valence-electron chi connectivity index (χ1n) is 8.29. The second kappa shape index (κ2) is 8.96. The molecule has 26 heavy (non-hydrogen) atoms. The molecule has 0 fully saturated rings. The zero-order valence-electron chi connectivity index (χ0n) is 15.1. The Morgan fingerprint density at radius 2 is 1.96 bits per heavy atom. The van der Waals surface area contributed by atoms with Gasteiger partial charge in [0.15, 0.2) is 0 Å². The Morgan fingerprint density at radius 3 is 2.65 bits per heavy atom. The summed E-state index contributed by atoms with van der Waals surface area (Å²) in [4.78, 5) is 24.9. The third kappa shape index (κ3) is 4.51. The first kappa shape index (κ1) is 20.1. The topological polar surface area (TPSA) is 55.3 Å². The van der Waals surface area contributed by atoms with Crippen LogP contribution >= 0.6 is 23.7 Å². The van der Waals surface area contributed by atoms with Gasteiger partial charge in [0.1, 0.15) is 16.5 Å². The lowest BCUT2D eigenvalue weighted by Gasteiger charge is -2.18. The quantitative estimate of drug-likeness (QED) is 0.580. The molecule has 0 N–H and O–H groups in total. The number of carbonyl (C=O) groups excluding carboxylic acids is 1. The van der Waals surface area contributed by atoms with Crippen molar-refractivity contribution in [1.29, 1.82) is 0 Å². The molecule has 7 heteroatoms. The van der Waals surface area contributed by atoms with Crippen LogP contribution in [-0.2, 0) is 9.53 Å². The predicted molar refractivity (Wildman–Crippen MR) is 109 cm³/mol. The molecule has 0 aliphatic rings. The maximum atomic E-state index is 11.6. The van der Waals surface area contributed by atoms with E-state index in [1.807, 2.05) is 44.0 Å². The molecule has 0 saturated heterocycles. The number of thiophene rings is 1. The van der Waals surface area contributed by atoms with Crippen LogP contribution in [0.3, 0.4) is 0 Å². The highest BCUT2D eigenvalue weighted by atomic mass is 35.5. The average Bonchev–Trinajstić information content (AvgIpc) is 3.04. The summed E-state index contributed by atoms with van der Waals surface area (Å²) in [5.74, 6) is 1.39. The number of aryl methyl sites for hydroxylation is 1. The molecule has 0 bridgehead atoms. The minimum absolute atomic E-state index is 0. The van der Waals surface area contributed by atoms with Crippen molar-refractivity contribution in [3.8, 4) is 10.4 Å². The van der Waals surface area contributed by atoms with Gasteiger partial charge in [-0.3, -0.25) is 4.79 Å². The number of nitrogens with zero attached hydrogens (tertiary/aromatic N) is 3. The van der Waals surface area contributed by atoms with E-state index in [-0.39, 0.29) is 18.4 Å². The van der Waals surface area contributed by atoms with Crippen molar-refractivity contribution in [3.05, 3.63) is 42.2 Å². The molecule has 3 rings (SSSR count). The maximum Gasteiger partial charge on any atom is 0.307 e. The molecule has 0 saturated carbocycles. The molecule has 0 aliphatic heterocycles. The van der Waals surface area contributed by atoms with E-state index in [1.165, 1.54) is 5.56 Å². The fourth-order valence-electron chi connectivity index (χ4n) is 2.64. The van der Waals surface area contributed by atoms with Gasteiger partial charge in [-0.2, -0.15) is 0 Å². The lowest BCUT2D eigenvalue weighted by molar-refractivity contribution is -0.142. The Kier molecular flexibility index (Phi) is 6.94. The van der Waals surface area contributed by atoms with E-state index >= 15 is 0 Å². The molecule has 0 unspecified atom stereocenters. The van der Waals surface area contributed by atoms with Crippen molar-refractivity contribution in [3.63, 3.8) is 0 Å². The Balaban J connectivity index is 0.00000243. The number of hydrogen-bond donors (Lipinski definition) is 0. The van der Waals surface area contributed by atoms with Crippen LogP contribution in [0.15, 0.2) is 36.4 Å². The highest BCUT2D eigenvalue weighted by Gasteiger charge is 2.15. The number of rotatable bonds is 6. The van der Waals surface area contributed by atoms with Crippen LogP contribution < -0.4 is 4.90 Å². The van der Waals surface area contributed by atoms with Crippen molar-refractivity contribution < 1.29 is 9.53 Å². The van der Waals surface area contributed by atoms with Gasteiger partial charge in [0, 0.05) is 18.5 Å². The number of hydrogen-bond acceptors (Lipinski definition) is 6. The zero-order chi connectivity index (χ0) is 17.8. The third-order valence-electron chi connectivity index (χ3n) is 3.86. The summed E-state index contributed by atoms with van der Waals surface area (Å²) in [6.45, 7) is 4.67. The van der Waals surface area contributed by atoms with Gasteiger partial charge in [-0.25, -0.2) is 9.97 Å². The Hall–Kier alpha value is -2.18. The van der Waals surface area contributed by atoms with Gasteiger partial charge in [-0.15, -0.1) is 23.7 Å². The van der Waals surface area contributed by atoms with Gasteiger partial charge in [0.2, 0.25) is 0 Å². The number of halogens is 1. The molecule has 0 radical (unpaired) electrons. The smallest absolute Gasteiger partial charge is 0.307 e. The molecule has 0 aliphatic carbocycles. The van der Waals surface area contributed by atoms with E-state index in [0.717, 1.165) is 26.7 Å². The van der Waals surface area contributed by atoms with E-state index in [9.17, 15) is 4.79 Å². The van der Waals surface area contributed by atoms with E-state index in [4.69, 9.17) is 4.74 Å². The van der Waals surface area contributed by atoms with Crippen LogP contribution in [0.1, 0.15) is 19.2 Å². The van der Waals surface area contributed by atoms with Gasteiger partial charge in [-0.05, 0) is 25.5 Å². The molecule has 5 nitrogen and oxygen atoms in total. The molecule has 3 aromatic rings. The molecule has 138 valence electrons. The maximum absolute atomic E-state index is 11.6. The van der Waals surface area contributed by atoms with E-state index in [2.05, 4.69) is 28.2 Å². The second-order valence-corrected chi connectivity index (χ2v) is 6.80. The fraction of sp³-hybridized carbons (Fsp3) is 0.316. The van der Waals surface area contributed by atoms with E-state index < -0.39 is 0 Å². The highest BCUT2D eigenvalue weighted by molar-refractivity contribution is 7.21. The van der Waals surface area contributed by atoms with Crippen molar-refractivity contribution in [1.82, 2.24) is 9.97 Å². The number of anilines is 1. The number of carbonyl (C=O) groups is 1. The van der Waals surface area contributed by atoms with Crippen molar-refractivity contribution in [2.45, 2.75) is 20.3 Å². The van der Waals surface area contributed by atoms with Crippen LogP contribution in [0.2, 0.25) is 0 Å². The number of ether oxygens (including phenoxy) is 1. The number of aromatic nitrogens is 2. The largest absolute Gasteiger partial charge is 0.466 e. The SMILES string of the molecule is CCOC(=O)CCN(C)c1nc(C)nc2sc(-c3ccccc3)cc12.Cl. The third-order valence-corrected chi connectivity index (χ3v) is 4.94. The van der Waals surface area contributed by atoms with E-state index in [0.29, 0.717) is 19.6 Å². The monoisotopic (exact) mass is 391 g/mol. The number of esters is 1. The van der Waals surface area contributed by atoms with Gasteiger partial charge < -0.3 is 9.64 Å². The molecule has 1 aromatic carbocycles. The Labute approximate surface area is 163 Å². The van der Waals surface area contributed by atoms with Crippen LogP contribution in [0.4, 0.5) is 5.82 Å². The highest BCUT2D eigenvalue weighted by Crippen LogP contribution is 2.36. The van der Waals surface area contributed by atoms with Crippen LogP contribution in [-0.4, -0.2) is 36.1 Å². The predicted octanol–water partition coefficient (Wildman–Crippen LogP) is 4.48. The molecule has 2 aromatic heterocycles. The molecular formula is C19H22ClN3O2S. The first-order chi connectivity index (χ1) is 12.1. The lowest BCUT2D eigenvalue weighted by Crippen LogP contribution is -2.23. The molecule has 0 spiro atoms. The average molecular weight is 392 g/mol. The van der Waals surface area contributed by atoms with Crippen molar-refractivity contribution in [2.24, 2.45) is 0 Å². The fourth-order valence-corrected chi connectivity index (χ4v) is 3.72. The summed E-state index contributed by atoms with van der Waals surface area (Å²) < 4.78 is 5.01. The molecule has 2 heterocycles. The van der Waals surface area contributed by atoms with E-state index in [1.54, 1.807) is 11.3 Å². The Bertz CT molecular complexity index is 883. The summed E-state index contributed by atoms with van der Waals surface area (Å²) in [6, 6.07) is 12.4. The molecule has 0 atom stereocenters. The first-order valence-corrected chi connectivity index (χ1v) is 9.10. The van der Waals surface area contributed by atoms with Crippen LogP contribution in [0.5, 0.6) is 0 Å². The summed E-state index contributed by atoms with van der Waals surface area (Å²) in [7, 11) is 1.94. The Morgan fingerprint density at radius 1 is 1.23 bits per heavy atom. The standard InChI is InChI=1S/C19H21N3O2S.ClH/c1-4-24-17(23)10-11-22(3)18-15-12-16(14-8-6-5-7-9-14)25-19(15)21-13(2)20-18;/h5-9,12H,4,10-11H2,1-3H3;1H. The summed E-state index contributed by atoms with van der Waals surface area (Å²) in [5.41, 5.74) is 1.17. The molecular weight excluding hydrogens is 370 g/mol. The summed E-state index contributed by atoms with van der Waals surface area (Å²) in [6.07, 6.45) is 0.338. The van der Waals surface area contributed by atoms with Gasteiger partial charge in [0.05, 0.1) is 18.4 Å². The van der Waals surface area contributed by atoms with Gasteiger partial charge in [-0.1, -0.05) is 30.3 Å². The van der Waals surface area contributed by atoms with Gasteiger partial charge in [0.25, 0.3) is 0 Å². The van der Waals surface area contributed by atoms with Crippen molar-refractivity contribution >= 4 is 45.7 Å². The minimum Gasteiger partial charge on any atom is -0.466 e. The van der Waals surface area contributed by atoms with Crippen LogP contribution in [0, 0.1) is 6.92 Å². The van der Waals surface area contributed by atoms with Crippen molar-refractivity contribution in [2.75, 3.05) is 25.1 Å². The number of fused-ring (bicyclic) bond motifs is 1. The summed E-state index contributed by atoms with van der Waals surface area (Å²) in [5, 5.41) is 1.01. The van der Waals surface area contributed by atoms with Gasteiger partial charge >= 0.3 is 5.97 Å². The zero-order valence-corrected chi connectivity index (χ0v) is 16.7.